The minimum atomic E-state index is 0.425. The smallest absolute Gasteiger partial charge is 0.00534 e. The minimum absolute atomic E-state index is 0.425. The van der Waals surface area contributed by atoms with Crippen molar-refractivity contribution < 1.29 is 0 Å². The Bertz CT molecular complexity index is 284. The van der Waals surface area contributed by atoms with Crippen molar-refractivity contribution in [2.24, 2.45) is 23.2 Å². The average molecular weight is 204 g/mol. The Morgan fingerprint density at radius 1 is 1.47 bits per heavy atom. The molecule has 2 aliphatic rings. The third kappa shape index (κ3) is 1.79. The van der Waals surface area contributed by atoms with Gasteiger partial charge in [-0.05, 0) is 48.9 Å². The largest absolute Gasteiger partial charge is 0.0990 e. The van der Waals surface area contributed by atoms with E-state index in [4.69, 9.17) is 0 Å². The molecule has 0 aromatic rings. The second-order valence-electron chi connectivity index (χ2n) is 6.03. The summed E-state index contributed by atoms with van der Waals surface area (Å²) in [4.78, 5) is 0. The highest BCUT2D eigenvalue weighted by Gasteiger charge is 2.49. The van der Waals surface area contributed by atoms with E-state index < -0.39 is 0 Å². The molecular formula is C15H24. The molecule has 2 aliphatic carbocycles. The summed E-state index contributed by atoms with van der Waals surface area (Å²) >= 11 is 0. The van der Waals surface area contributed by atoms with Gasteiger partial charge >= 0.3 is 0 Å². The first-order chi connectivity index (χ1) is 7.04. The predicted octanol–water partition coefficient (Wildman–Crippen LogP) is 4.58. The monoisotopic (exact) mass is 204 g/mol. The van der Waals surface area contributed by atoms with Crippen molar-refractivity contribution in [3.8, 4) is 0 Å². The van der Waals surface area contributed by atoms with E-state index >= 15 is 0 Å². The Morgan fingerprint density at radius 2 is 2.20 bits per heavy atom. The first-order valence-corrected chi connectivity index (χ1v) is 6.40. The highest BCUT2D eigenvalue weighted by atomic mass is 14.5. The van der Waals surface area contributed by atoms with E-state index in [0.29, 0.717) is 11.3 Å². The molecule has 15 heavy (non-hydrogen) atoms. The molecule has 0 amide bonds. The van der Waals surface area contributed by atoms with Gasteiger partial charge in [-0.3, -0.25) is 0 Å². The summed E-state index contributed by atoms with van der Waals surface area (Å²) in [6.07, 6.45) is 10.2. The zero-order valence-corrected chi connectivity index (χ0v) is 10.4. The van der Waals surface area contributed by atoms with Crippen LogP contribution >= 0.6 is 0 Å². The zero-order valence-electron chi connectivity index (χ0n) is 10.4. The quantitative estimate of drug-likeness (QED) is 0.590. The second-order valence-corrected chi connectivity index (χ2v) is 6.03. The number of fused-ring (bicyclic) bond motifs is 2. The molecule has 2 fully saturated rings. The van der Waals surface area contributed by atoms with Crippen molar-refractivity contribution in [1.29, 1.82) is 0 Å². The molecule has 3 atom stereocenters. The van der Waals surface area contributed by atoms with Crippen LogP contribution in [0.3, 0.4) is 0 Å². The maximum absolute atomic E-state index is 4.35. The lowest BCUT2D eigenvalue weighted by Gasteiger charge is -2.35. The number of allylic oxidation sites excluding steroid dienone is 3. The third-order valence-corrected chi connectivity index (χ3v) is 4.62. The van der Waals surface area contributed by atoms with Crippen molar-refractivity contribution in [2.45, 2.75) is 46.5 Å². The van der Waals surface area contributed by atoms with E-state index in [-0.39, 0.29) is 0 Å². The first kappa shape index (κ1) is 11.0. The van der Waals surface area contributed by atoms with E-state index in [9.17, 15) is 0 Å². The van der Waals surface area contributed by atoms with Crippen LogP contribution in [0.4, 0.5) is 0 Å². The van der Waals surface area contributed by atoms with Gasteiger partial charge in [-0.1, -0.05) is 45.1 Å². The van der Waals surface area contributed by atoms with Crippen LogP contribution < -0.4 is 0 Å². The normalized spacial score (nSPS) is 39.9. The molecule has 0 saturated heterocycles. The van der Waals surface area contributed by atoms with E-state index in [2.05, 4.69) is 39.5 Å². The van der Waals surface area contributed by atoms with E-state index in [0.717, 1.165) is 11.8 Å². The van der Waals surface area contributed by atoms with Gasteiger partial charge in [-0.2, -0.15) is 0 Å². The summed E-state index contributed by atoms with van der Waals surface area (Å²) < 4.78 is 0. The SMILES string of the molecule is C=C1C2CCC(C2)C1(C)CC=CC(C)C. The van der Waals surface area contributed by atoms with Gasteiger partial charge in [0, 0.05) is 0 Å². The van der Waals surface area contributed by atoms with Crippen LogP contribution in [0.1, 0.15) is 46.5 Å². The Kier molecular flexibility index (Phi) is 2.79. The summed E-state index contributed by atoms with van der Waals surface area (Å²) in [5.74, 6) is 2.46. The maximum Gasteiger partial charge on any atom is -0.00534 e. The van der Waals surface area contributed by atoms with Gasteiger partial charge in [0.2, 0.25) is 0 Å². The standard InChI is InChI=1S/C15H24/c1-11(2)6-5-9-15(4)12(3)13-7-8-14(15)10-13/h5-6,11,13-14H,3,7-10H2,1-2,4H3. The minimum Gasteiger partial charge on any atom is -0.0990 e. The fourth-order valence-electron chi connectivity index (χ4n) is 3.49. The van der Waals surface area contributed by atoms with Crippen molar-refractivity contribution >= 4 is 0 Å². The topological polar surface area (TPSA) is 0 Å². The van der Waals surface area contributed by atoms with Crippen LogP contribution in [0.5, 0.6) is 0 Å². The summed E-state index contributed by atoms with van der Waals surface area (Å²) in [6.45, 7) is 11.3. The molecule has 0 aliphatic heterocycles. The predicted molar refractivity (Wildman–Crippen MR) is 66.7 cm³/mol. The van der Waals surface area contributed by atoms with Gasteiger partial charge in [-0.15, -0.1) is 0 Å². The molecule has 2 bridgehead atoms. The van der Waals surface area contributed by atoms with Crippen LogP contribution in [0.2, 0.25) is 0 Å². The van der Waals surface area contributed by atoms with Crippen LogP contribution in [-0.4, -0.2) is 0 Å². The lowest BCUT2D eigenvalue weighted by atomic mass is 9.69. The molecule has 0 N–H and O–H groups in total. The molecule has 0 nitrogen and oxygen atoms in total. The molecule has 2 rings (SSSR count). The van der Waals surface area contributed by atoms with Gasteiger partial charge in [0.25, 0.3) is 0 Å². The molecule has 0 heterocycles. The molecule has 0 heteroatoms. The second kappa shape index (κ2) is 3.81. The summed E-state index contributed by atoms with van der Waals surface area (Å²) in [5.41, 5.74) is 1.97. The summed E-state index contributed by atoms with van der Waals surface area (Å²) in [5, 5.41) is 0. The molecule has 0 spiro atoms. The van der Waals surface area contributed by atoms with Gasteiger partial charge in [0.15, 0.2) is 0 Å². The van der Waals surface area contributed by atoms with E-state index in [1.807, 2.05) is 0 Å². The van der Waals surface area contributed by atoms with E-state index in [1.165, 1.54) is 25.7 Å². The molecule has 2 saturated carbocycles. The Labute approximate surface area is 94.5 Å². The number of rotatable bonds is 3. The van der Waals surface area contributed by atoms with Gasteiger partial charge < -0.3 is 0 Å². The highest BCUT2D eigenvalue weighted by Crippen LogP contribution is 2.60. The molecule has 0 aromatic carbocycles. The van der Waals surface area contributed by atoms with Crippen LogP contribution in [0, 0.1) is 23.2 Å². The Hall–Kier alpha value is -0.520. The lowest BCUT2D eigenvalue weighted by Crippen LogP contribution is -2.25. The highest BCUT2D eigenvalue weighted by molar-refractivity contribution is 5.25. The number of hydrogen-bond acceptors (Lipinski definition) is 0. The number of hydrogen-bond donors (Lipinski definition) is 0. The molecule has 84 valence electrons. The van der Waals surface area contributed by atoms with Gasteiger partial charge in [-0.25, -0.2) is 0 Å². The van der Waals surface area contributed by atoms with Gasteiger partial charge in [0.1, 0.15) is 0 Å². The zero-order chi connectivity index (χ0) is 11.1. The molecule has 0 radical (unpaired) electrons. The van der Waals surface area contributed by atoms with Gasteiger partial charge in [0.05, 0.1) is 0 Å². The van der Waals surface area contributed by atoms with Crippen LogP contribution in [-0.2, 0) is 0 Å². The van der Waals surface area contributed by atoms with Crippen LogP contribution in [0.25, 0.3) is 0 Å². The fourth-order valence-corrected chi connectivity index (χ4v) is 3.49. The third-order valence-electron chi connectivity index (χ3n) is 4.62. The summed E-state index contributed by atoms with van der Waals surface area (Å²) in [6, 6.07) is 0. The van der Waals surface area contributed by atoms with Crippen molar-refractivity contribution in [3.05, 3.63) is 24.3 Å². The summed E-state index contributed by atoms with van der Waals surface area (Å²) in [7, 11) is 0. The van der Waals surface area contributed by atoms with Crippen LogP contribution in [0.15, 0.2) is 24.3 Å². The Balaban J connectivity index is 2.04. The molecular weight excluding hydrogens is 180 g/mol. The average Bonchev–Trinajstić information content (AvgIpc) is 2.70. The molecule has 0 aromatic heterocycles. The van der Waals surface area contributed by atoms with Crippen molar-refractivity contribution in [1.82, 2.24) is 0 Å². The Morgan fingerprint density at radius 3 is 2.73 bits per heavy atom. The lowest BCUT2D eigenvalue weighted by molar-refractivity contribution is 0.261. The van der Waals surface area contributed by atoms with E-state index in [1.54, 1.807) is 5.57 Å². The molecule has 3 unspecified atom stereocenters. The van der Waals surface area contributed by atoms with Crippen molar-refractivity contribution in [2.75, 3.05) is 0 Å². The maximum atomic E-state index is 4.35. The fraction of sp³-hybridized carbons (Fsp3) is 0.733. The first-order valence-electron chi connectivity index (χ1n) is 6.40. The van der Waals surface area contributed by atoms with Crippen molar-refractivity contribution in [3.63, 3.8) is 0 Å².